The van der Waals surface area contributed by atoms with Crippen molar-refractivity contribution in [2.24, 2.45) is 0 Å². The Morgan fingerprint density at radius 1 is 0.833 bits per heavy atom. The van der Waals surface area contributed by atoms with Gasteiger partial charge in [-0.1, -0.05) is 36.4 Å². The maximum Gasteiger partial charge on any atom is 0.0119 e. The Hall–Kier alpha value is 0.686. The number of fused-ring (bicyclic) bond motifs is 1. The number of hydrogen-bond acceptors (Lipinski definition) is 1. The Labute approximate surface area is 120 Å². The molecule has 1 radical (unpaired) electrons. The van der Waals surface area contributed by atoms with Gasteiger partial charge in [0.2, 0.25) is 0 Å². The van der Waals surface area contributed by atoms with E-state index in [0.29, 0.717) is 0 Å². The monoisotopic (exact) mass is 199 g/mol. The van der Waals surface area contributed by atoms with E-state index in [1.807, 2.05) is 24.3 Å². The first kappa shape index (κ1) is 10.8. The van der Waals surface area contributed by atoms with Gasteiger partial charge < -0.3 is 0 Å². The van der Waals surface area contributed by atoms with Crippen LogP contribution in [0.3, 0.4) is 0 Å². The van der Waals surface area contributed by atoms with Crippen LogP contribution in [0.5, 0.6) is 0 Å². The molecule has 0 fully saturated rings. The third kappa shape index (κ3) is 2.13. The van der Waals surface area contributed by atoms with E-state index in [4.69, 9.17) is 0 Å². The molecule has 0 N–H and O–H groups in total. The minimum atomic E-state index is 0. The van der Waals surface area contributed by atoms with Crippen molar-refractivity contribution in [1.29, 1.82) is 0 Å². The van der Waals surface area contributed by atoms with Crippen LogP contribution in [0.15, 0.2) is 47.4 Å². The average Bonchev–Trinajstić information content (AvgIpc) is 2.06. The SMILES string of the molecule is Sc1cccc2ccccc12.[K]. The average molecular weight is 199 g/mol. The molecule has 0 nitrogen and oxygen atoms in total. The van der Waals surface area contributed by atoms with E-state index in [-0.39, 0.29) is 51.4 Å². The molecule has 0 amide bonds. The fraction of sp³-hybridized carbons (Fsp3) is 0. The second-order valence-corrected chi connectivity index (χ2v) is 2.98. The summed E-state index contributed by atoms with van der Waals surface area (Å²) in [5.74, 6) is 0. The van der Waals surface area contributed by atoms with E-state index in [1.54, 1.807) is 0 Å². The topological polar surface area (TPSA) is 0 Å². The Morgan fingerprint density at radius 3 is 2.25 bits per heavy atom. The van der Waals surface area contributed by atoms with Crippen LogP contribution >= 0.6 is 12.6 Å². The normalized spacial score (nSPS) is 9.42. The molecule has 0 unspecified atom stereocenters. The van der Waals surface area contributed by atoms with Crippen molar-refractivity contribution >= 4 is 74.8 Å². The van der Waals surface area contributed by atoms with Crippen molar-refractivity contribution in [2.75, 3.05) is 0 Å². The molecule has 2 heteroatoms. The van der Waals surface area contributed by atoms with Gasteiger partial charge in [-0.2, -0.15) is 0 Å². The molecule has 0 heterocycles. The van der Waals surface area contributed by atoms with Gasteiger partial charge in [0.05, 0.1) is 0 Å². The zero-order valence-electron chi connectivity index (χ0n) is 6.99. The molecular formula is C10H8KS. The summed E-state index contributed by atoms with van der Waals surface area (Å²) in [6.45, 7) is 0. The molecule has 0 atom stereocenters. The van der Waals surface area contributed by atoms with Crippen molar-refractivity contribution in [2.45, 2.75) is 4.90 Å². The summed E-state index contributed by atoms with van der Waals surface area (Å²) in [7, 11) is 0. The zero-order valence-corrected chi connectivity index (χ0v) is 11.0. The van der Waals surface area contributed by atoms with Gasteiger partial charge in [0.1, 0.15) is 0 Å². The molecule has 12 heavy (non-hydrogen) atoms. The van der Waals surface area contributed by atoms with Crippen LogP contribution < -0.4 is 0 Å². The molecule has 55 valence electrons. The number of benzene rings is 2. The molecule has 2 aromatic rings. The summed E-state index contributed by atoms with van der Waals surface area (Å²) in [6.07, 6.45) is 0. The van der Waals surface area contributed by atoms with Gasteiger partial charge >= 0.3 is 0 Å². The standard InChI is InChI=1S/C10H8S.K/c11-10-7-3-5-8-4-1-2-6-9(8)10;/h1-7,11H;. The molecule has 0 aliphatic carbocycles. The van der Waals surface area contributed by atoms with Crippen LogP contribution in [0, 0.1) is 0 Å². The molecule has 0 aliphatic rings. The van der Waals surface area contributed by atoms with E-state index >= 15 is 0 Å². The third-order valence-corrected chi connectivity index (χ3v) is 2.16. The molecule has 0 spiro atoms. The van der Waals surface area contributed by atoms with E-state index in [0.717, 1.165) is 4.90 Å². The summed E-state index contributed by atoms with van der Waals surface area (Å²) >= 11 is 4.35. The number of rotatable bonds is 0. The minimum Gasteiger partial charge on any atom is -0.143 e. The summed E-state index contributed by atoms with van der Waals surface area (Å²) in [4.78, 5) is 1.04. The maximum atomic E-state index is 4.35. The fourth-order valence-electron chi connectivity index (χ4n) is 1.21. The van der Waals surface area contributed by atoms with Gasteiger partial charge in [-0.05, 0) is 16.8 Å². The third-order valence-electron chi connectivity index (χ3n) is 1.77. The smallest absolute Gasteiger partial charge is 0.0119 e. The molecule has 0 aliphatic heterocycles. The Bertz CT molecular complexity index is 379. The molecule has 0 saturated heterocycles. The van der Waals surface area contributed by atoms with E-state index in [1.165, 1.54) is 10.8 Å². The molecular weight excluding hydrogens is 191 g/mol. The Kier molecular flexibility index (Phi) is 4.30. The second-order valence-electron chi connectivity index (χ2n) is 2.50. The van der Waals surface area contributed by atoms with Gasteiger partial charge in [0.25, 0.3) is 0 Å². The predicted molar refractivity (Wildman–Crippen MR) is 57.0 cm³/mol. The van der Waals surface area contributed by atoms with Crippen molar-refractivity contribution in [3.63, 3.8) is 0 Å². The molecule has 0 aromatic heterocycles. The fourth-order valence-corrected chi connectivity index (χ4v) is 1.50. The summed E-state index contributed by atoms with van der Waals surface area (Å²) < 4.78 is 0. The molecule has 2 aromatic carbocycles. The van der Waals surface area contributed by atoms with Crippen LogP contribution in [0.25, 0.3) is 10.8 Å². The van der Waals surface area contributed by atoms with Gasteiger partial charge in [-0.3, -0.25) is 0 Å². The van der Waals surface area contributed by atoms with Crippen LogP contribution in [0.1, 0.15) is 0 Å². The first-order valence-electron chi connectivity index (χ1n) is 3.54. The maximum absolute atomic E-state index is 4.35. The molecule has 0 saturated carbocycles. The van der Waals surface area contributed by atoms with Gasteiger partial charge in [-0.15, -0.1) is 12.6 Å². The van der Waals surface area contributed by atoms with Crippen LogP contribution in [0.4, 0.5) is 0 Å². The van der Waals surface area contributed by atoms with Gasteiger partial charge in [-0.25, -0.2) is 0 Å². The van der Waals surface area contributed by atoms with Crippen molar-refractivity contribution in [3.05, 3.63) is 42.5 Å². The van der Waals surface area contributed by atoms with Crippen LogP contribution in [-0.4, -0.2) is 51.4 Å². The Morgan fingerprint density at radius 2 is 1.50 bits per heavy atom. The van der Waals surface area contributed by atoms with Crippen LogP contribution in [0.2, 0.25) is 0 Å². The first-order valence-corrected chi connectivity index (χ1v) is 3.99. The largest absolute Gasteiger partial charge is 0.143 e. The van der Waals surface area contributed by atoms with Gasteiger partial charge in [0, 0.05) is 56.3 Å². The van der Waals surface area contributed by atoms with Crippen molar-refractivity contribution in [1.82, 2.24) is 0 Å². The van der Waals surface area contributed by atoms with E-state index < -0.39 is 0 Å². The van der Waals surface area contributed by atoms with E-state index in [2.05, 4.69) is 30.8 Å². The minimum absolute atomic E-state index is 0. The summed E-state index contributed by atoms with van der Waals surface area (Å²) in [5, 5.41) is 2.47. The zero-order chi connectivity index (χ0) is 7.68. The molecule has 2 rings (SSSR count). The number of thiol groups is 1. The first-order chi connectivity index (χ1) is 5.38. The second kappa shape index (κ2) is 4.79. The predicted octanol–water partition coefficient (Wildman–Crippen LogP) is 2.75. The van der Waals surface area contributed by atoms with Crippen molar-refractivity contribution in [3.8, 4) is 0 Å². The van der Waals surface area contributed by atoms with E-state index in [9.17, 15) is 0 Å². The molecule has 0 bridgehead atoms. The summed E-state index contributed by atoms with van der Waals surface area (Å²) in [5.41, 5.74) is 0. The number of hydrogen-bond donors (Lipinski definition) is 1. The Balaban J connectivity index is 0.000000720. The quantitative estimate of drug-likeness (QED) is 0.489. The van der Waals surface area contributed by atoms with Crippen molar-refractivity contribution < 1.29 is 0 Å². The van der Waals surface area contributed by atoms with Gasteiger partial charge in [0.15, 0.2) is 0 Å². The van der Waals surface area contributed by atoms with Crippen LogP contribution in [-0.2, 0) is 0 Å². The summed E-state index contributed by atoms with van der Waals surface area (Å²) in [6, 6.07) is 14.4.